The summed E-state index contributed by atoms with van der Waals surface area (Å²) in [6.45, 7) is 0. The zero-order valence-corrected chi connectivity index (χ0v) is 11.7. The first-order valence-corrected chi connectivity index (χ1v) is 7.37. The first kappa shape index (κ1) is 12.3. The zero-order valence-electron chi connectivity index (χ0n) is 11.7. The van der Waals surface area contributed by atoms with Gasteiger partial charge in [0.2, 0.25) is 0 Å². The van der Waals surface area contributed by atoms with Crippen LogP contribution in [0.4, 0.5) is 5.69 Å². The molecule has 2 N–H and O–H groups in total. The Morgan fingerprint density at radius 1 is 0.905 bits per heavy atom. The quantitative estimate of drug-likeness (QED) is 0.713. The summed E-state index contributed by atoms with van der Waals surface area (Å²) in [6, 6.07) is 20.9. The molecule has 0 bridgehead atoms. The topological polar surface area (TPSA) is 32.3 Å². The van der Waals surface area contributed by atoms with Crippen molar-refractivity contribution >= 4 is 16.5 Å². The lowest BCUT2D eigenvalue weighted by Crippen LogP contribution is -2.06. The molecule has 0 fully saturated rings. The van der Waals surface area contributed by atoms with E-state index in [0.29, 0.717) is 11.8 Å². The van der Waals surface area contributed by atoms with Gasteiger partial charge in [0.05, 0.1) is 6.04 Å². The van der Waals surface area contributed by atoms with Crippen LogP contribution in [0.5, 0.6) is 5.75 Å². The number of fused-ring (bicyclic) bond motifs is 2. The summed E-state index contributed by atoms with van der Waals surface area (Å²) < 4.78 is 0. The van der Waals surface area contributed by atoms with E-state index in [9.17, 15) is 5.11 Å². The van der Waals surface area contributed by atoms with Gasteiger partial charge in [0.25, 0.3) is 0 Å². The van der Waals surface area contributed by atoms with Crippen molar-refractivity contribution < 1.29 is 5.11 Å². The number of anilines is 1. The largest absolute Gasteiger partial charge is 0.508 e. The van der Waals surface area contributed by atoms with E-state index in [4.69, 9.17) is 0 Å². The summed E-state index contributed by atoms with van der Waals surface area (Å²) in [5.41, 5.74) is 3.72. The fourth-order valence-corrected chi connectivity index (χ4v) is 3.23. The standard InChI is InChI=1S/C19H17NO/c21-17-8-9-18-15(12-17)6-10-19(18)20-16-7-5-13-3-1-2-4-14(13)11-16/h1-5,7-9,11-12,19-21H,6,10H2. The Bertz CT molecular complexity index is 810. The Hall–Kier alpha value is -2.48. The first-order chi connectivity index (χ1) is 10.3. The third-order valence-electron chi connectivity index (χ3n) is 4.29. The van der Waals surface area contributed by atoms with E-state index in [1.165, 1.54) is 21.9 Å². The maximum Gasteiger partial charge on any atom is 0.115 e. The smallest absolute Gasteiger partial charge is 0.115 e. The number of nitrogens with one attached hydrogen (secondary N) is 1. The predicted octanol–water partition coefficient (Wildman–Crippen LogP) is 4.64. The maximum absolute atomic E-state index is 9.57. The highest BCUT2D eigenvalue weighted by atomic mass is 16.3. The molecule has 21 heavy (non-hydrogen) atoms. The fraction of sp³-hybridized carbons (Fsp3) is 0.158. The van der Waals surface area contributed by atoms with Crippen molar-refractivity contribution in [1.29, 1.82) is 0 Å². The molecule has 1 aliphatic rings. The minimum Gasteiger partial charge on any atom is -0.508 e. The molecule has 0 saturated heterocycles. The van der Waals surface area contributed by atoms with Gasteiger partial charge in [-0.2, -0.15) is 0 Å². The summed E-state index contributed by atoms with van der Waals surface area (Å²) >= 11 is 0. The lowest BCUT2D eigenvalue weighted by molar-refractivity contribution is 0.474. The van der Waals surface area contributed by atoms with E-state index in [2.05, 4.69) is 47.8 Å². The van der Waals surface area contributed by atoms with Gasteiger partial charge in [0.1, 0.15) is 5.75 Å². The third kappa shape index (κ3) is 2.23. The second kappa shape index (κ2) is 4.81. The summed E-state index contributed by atoms with van der Waals surface area (Å²) in [5, 5.41) is 15.7. The molecular weight excluding hydrogens is 258 g/mol. The van der Waals surface area contributed by atoms with Gasteiger partial charge in [-0.25, -0.2) is 0 Å². The van der Waals surface area contributed by atoms with Crippen molar-refractivity contribution in [3.05, 3.63) is 71.8 Å². The molecule has 1 atom stereocenters. The number of benzene rings is 3. The molecule has 0 radical (unpaired) electrons. The van der Waals surface area contributed by atoms with Crippen LogP contribution in [0.25, 0.3) is 10.8 Å². The molecule has 1 aliphatic carbocycles. The molecule has 0 heterocycles. The average Bonchev–Trinajstić information content (AvgIpc) is 2.89. The van der Waals surface area contributed by atoms with Crippen LogP contribution in [-0.2, 0) is 6.42 Å². The number of aromatic hydroxyl groups is 1. The highest BCUT2D eigenvalue weighted by Crippen LogP contribution is 2.36. The molecule has 0 spiro atoms. The van der Waals surface area contributed by atoms with Gasteiger partial charge < -0.3 is 10.4 Å². The van der Waals surface area contributed by atoms with E-state index in [-0.39, 0.29) is 0 Å². The first-order valence-electron chi connectivity index (χ1n) is 7.37. The van der Waals surface area contributed by atoms with Crippen LogP contribution in [0.1, 0.15) is 23.6 Å². The summed E-state index contributed by atoms with van der Waals surface area (Å²) in [4.78, 5) is 0. The van der Waals surface area contributed by atoms with Crippen LogP contribution in [0, 0.1) is 0 Å². The number of rotatable bonds is 2. The van der Waals surface area contributed by atoms with Crippen molar-refractivity contribution in [2.24, 2.45) is 0 Å². The van der Waals surface area contributed by atoms with Gasteiger partial charge in [-0.05, 0) is 59.0 Å². The Kier molecular flexibility index (Phi) is 2.81. The van der Waals surface area contributed by atoms with Crippen molar-refractivity contribution in [1.82, 2.24) is 0 Å². The monoisotopic (exact) mass is 275 g/mol. The Morgan fingerprint density at radius 3 is 2.67 bits per heavy atom. The molecule has 0 amide bonds. The minimum absolute atomic E-state index is 0.335. The Balaban J connectivity index is 1.64. The van der Waals surface area contributed by atoms with Crippen molar-refractivity contribution in [2.45, 2.75) is 18.9 Å². The third-order valence-corrected chi connectivity index (χ3v) is 4.29. The number of hydrogen-bond donors (Lipinski definition) is 2. The Labute approximate surface area is 124 Å². The summed E-state index contributed by atoms with van der Waals surface area (Å²) in [6.07, 6.45) is 2.10. The minimum atomic E-state index is 0.335. The number of hydrogen-bond acceptors (Lipinski definition) is 2. The summed E-state index contributed by atoms with van der Waals surface area (Å²) in [7, 11) is 0. The summed E-state index contributed by atoms with van der Waals surface area (Å²) in [5.74, 6) is 0.361. The Morgan fingerprint density at radius 2 is 1.76 bits per heavy atom. The van der Waals surface area contributed by atoms with E-state index in [1.807, 2.05) is 12.1 Å². The lowest BCUT2D eigenvalue weighted by Gasteiger charge is -2.16. The molecule has 104 valence electrons. The maximum atomic E-state index is 9.57. The predicted molar refractivity (Wildman–Crippen MR) is 86.7 cm³/mol. The van der Waals surface area contributed by atoms with E-state index in [1.54, 1.807) is 6.07 Å². The van der Waals surface area contributed by atoms with Crippen LogP contribution in [-0.4, -0.2) is 5.11 Å². The fourth-order valence-electron chi connectivity index (χ4n) is 3.23. The van der Waals surface area contributed by atoms with Crippen molar-refractivity contribution in [2.75, 3.05) is 5.32 Å². The van der Waals surface area contributed by atoms with Gasteiger partial charge in [-0.1, -0.05) is 36.4 Å². The SMILES string of the molecule is Oc1ccc2c(c1)CCC2Nc1ccc2ccccc2c1. The molecule has 0 aliphatic heterocycles. The molecule has 2 heteroatoms. The van der Waals surface area contributed by atoms with Gasteiger partial charge in [-0.15, -0.1) is 0 Å². The van der Waals surface area contributed by atoms with E-state index >= 15 is 0 Å². The van der Waals surface area contributed by atoms with Crippen molar-refractivity contribution in [3.63, 3.8) is 0 Å². The lowest BCUT2D eigenvalue weighted by atomic mass is 10.1. The van der Waals surface area contributed by atoms with Crippen LogP contribution < -0.4 is 5.32 Å². The number of aryl methyl sites for hydroxylation is 1. The van der Waals surface area contributed by atoms with Gasteiger partial charge >= 0.3 is 0 Å². The van der Waals surface area contributed by atoms with E-state index < -0.39 is 0 Å². The molecule has 2 nitrogen and oxygen atoms in total. The zero-order chi connectivity index (χ0) is 14.2. The second-order valence-electron chi connectivity index (χ2n) is 5.68. The molecule has 0 aromatic heterocycles. The van der Waals surface area contributed by atoms with E-state index in [0.717, 1.165) is 18.5 Å². The molecule has 0 saturated carbocycles. The molecule has 1 unspecified atom stereocenters. The van der Waals surface area contributed by atoms with Gasteiger partial charge in [0.15, 0.2) is 0 Å². The molecular formula is C19H17NO. The highest BCUT2D eigenvalue weighted by molar-refractivity contribution is 5.85. The van der Waals surface area contributed by atoms with Gasteiger partial charge in [-0.3, -0.25) is 0 Å². The highest BCUT2D eigenvalue weighted by Gasteiger charge is 2.22. The van der Waals surface area contributed by atoms with Gasteiger partial charge in [0, 0.05) is 5.69 Å². The number of phenols is 1. The molecule has 4 rings (SSSR count). The van der Waals surface area contributed by atoms with Crippen LogP contribution >= 0.6 is 0 Å². The normalized spacial score (nSPS) is 16.9. The van der Waals surface area contributed by atoms with Crippen molar-refractivity contribution in [3.8, 4) is 5.75 Å². The van der Waals surface area contributed by atoms with Crippen LogP contribution in [0.3, 0.4) is 0 Å². The second-order valence-corrected chi connectivity index (χ2v) is 5.68. The van der Waals surface area contributed by atoms with Crippen LogP contribution in [0.15, 0.2) is 60.7 Å². The molecule has 3 aromatic carbocycles. The average molecular weight is 275 g/mol. The molecule has 3 aromatic rings. The number of phenolic OH excluding ortho intramolecular Hbond substituents is 1. The van der Waals surface area contributed by atoms with Crippen LogP contribution in [0.2, 0.25) is 0 Å².